The van der Waals surface area contributed by atoms with Gasteiger partial charge in [-0.1, -0.05) is 18.2 Å². The molecule has 1 aliphatic heterocycles. The topological polar surface area (TPSA) is 30.3 Å². The molecule has 0 bridgehead atoms. The molecule has 0 radical (unpaired) electrons. The van der Waals surface area contributed by atoms with Gasteiger partial charge in [0.25, 0.3) is 0 Å². The summed E-state index contributed by atoms with van der Waals surface area (Å²) in [5, 5.41) is 9.10. The van der Waals surface area contributed by atoms with Gasteiger partial charge in [0.1, 0.15) is 11.9 Å². The quantitative estimate of drug-likeness (QED) is 0.849. The highest BCUT2D eigenvalue weighted by Crippen LogP contribution is 2.43. The maximum atomic E-state index is 13.6. The second-order valence-electron chi connectivity index (χ2n) is 6.28. The van der Waals surface area contributed by atoms with Crippen LogP contribution in [0.2, 0.25) is 0 Å². The lowest BCUT2D eigenvalue weighted by molar-refractivity contribution is 0.488. The van der Waals surface area contributed by atoms with E-state index in [9.17, 15) is 4.39 Å². The van der Waals surface area contributed by atoms with E-state index in [4.69, 9.17) is 5.26 Å². The molecule has 0 spiro atoms. The summed E-state index contributed by atoms with van der Waals surface area (Å²) in [6, 6.07) is 15.1. The van der Waals surface area contributed by atoms with Crippen LogP contribution >= 0.6 is 0 Å². The van der Waals surface area contributed by atoms with Crippen molar-refractivity contribution in [1.82, 2.24) is 0 Å². The molecule has 0 saturated heterocycles. The Morgan fingerprint density at radius 2 is 1.87 bits per heavy atom. The highest BCUT2D eigenvalue weighted by molar-refractivity contribution is 5.77. The zero-order valence-electron chi connectivity index (χ0n) is 13.7. The van der Waals surface area contributed by atoms with Gasteiger partial charge < -0.3 is 9.80 Å². The van der Waals surface area contributed by atoms with Crippen molar-refractivity contribution in [1.29, 1.82) is 5.26 Å². The molecule has 2 aromatic rings. The molecule has 23 heavy (non-hydrogen) atoms. The van der Waals surface area contributed by atoms with Crippen molar-refractivity contribution >= 4 is 11.4 Å². The summed E-state index contributed by atoms with van der Waals surface area (Å²) >= 11 is 0. The summed E-state index contributed by atoms with van der Waals surface area (Å²) in [5.74, 6) is -0.468. The maximum absolute atomic E-state index is 13.6. The number of para-hydroxylation sites is 2. The van der Waals surface area contributed by atoms with E-state index in [1.807, 2.05) is 18.2 Å². The van der Waals surface area contributed by atoms with Crippen LogP contribution in [0.15, 0.2) is 42.5 Å². The van der Waals surface area contributed by atoms with Crippen LogP contribution in [-0.2, 0) is 5.54 Å². The molecule has 3 nitrogen and oxygen atoms in total. The highest BCUT2D eigenvalue weighted by Gasteiger charge is 2.36. The van der Waals surface area contributed by atoms with E-state index < -0.39 is 5.82 Å². The number of nitrogens with zero attached hydrogens (tertiary/aromatic N) is 3. The summed E-state index contributed by atoms with van der Waals surface area (Å²) in [4.78, 5) is 4.62. The fourth-order valence-corrected chi connectivity index (χ4v) is 3.18. The fourth-order valence-electron chi connectivity index (χ4n) is 3.18. The third kappa shape index (κ3) is 2.43. The standard InChI is InChI=1S/C19H20FN3/c1-4-22-13-23(18-8-6-5-7-17(18)22)19(2,3)15-9-10-16(20)14(11-15)12-21/h5-11H,4,13H2,1-3H3. The number of hydrogen-bond acceptors (Lipinski definition) is 3. The number of hydrogen-bond donors (Lipinski definition) is 0. The van der Waals surface area contributed by atoms with Crippen LogP contribution in [0.1, 0.15) is 31.9 Å². The average molecular weight is 309 g/mol. The Hall–Kier alpha value is -2.54. The monoisotopic (exact) mass is 309 g/mol. The van der Waals surface area contributed by atoms with Gasteiger partial charge in [-0.25, -0.2) is 4.39 Å². The van der Waals surface area contributed by atoms with Gasteiger partial charge in [-0.3, -0.25) is 0 Å². The van der Waals surface area contributed by atoms with Gasteiger partial charge in [-0.15, -0.1) is 0 Å². The summed E-state index contributed by atoms with van der Waals surface area (Å²) < 4.78 is 13.6. The molecule has 1 aliphatic rings. The van der Waals surface area contributed by atoms with Crippen molar-refractivity contribution in [3.8, 4) is 6.07 Å². The molecule has 0 unspecified atom stereocenters. The van der Waals surface area contributed by atoms with Crippen LogP contribution < -0.4 is 9.80 Å². The molecule has 0 fully saturated rings. The lowest BCUT2D eigenvalue weighted by Crippen LogP contribution is -2.44. The number of anilines is 2. The molecular formula is C19H20FN3. The van der Waals surface area contributed by atoms with Crippen LogP contribution in [0, 0.1) is 17.1 Å². The van der Waals surface area contributed by atoms with E-state index in [-0.39, 0.29) is 11.1 Å². The van der Waals surface area contributed by atoms with Crippen molar-refractivity contribution in [2.75, 3.05) is 23.0 Å². The van der Waals surface area contributed by atoms with Gasteiger partial charge in [-0.2, -0.15) is 5.26 Å². The van der Waals surface area contributed by atoms with Gasteiger partial charge in [0.05, 0.1) is 29.1 Å². The molecule has 1 heterocycles. The minimum Gasteiger partial charge on any atom is -0.352 e. The number of halogens is 1. The number of fused-ring (bicyclic) bond motifs is 1. The first-order valence-electron chi connectivity index (χ1n) is 7.80. The lowest BCUT2D eigenvalue weighted by Gasteiger charge is -2.38. The van der Waals surface area contributed by atoms with Crippen molar-refractivity contribution in [3.63, 3.8) is 0 Å². The van der Waals surface area contributed by atoms with Crippen LogP contribution in [0.3, 0.4) is 0 Å². The Bertz CT molecular complexity index is 776. The van der Waals surface area contributed by atoms with Crippen molar-refractivity contribution in [3.05, 3.63) is 59.4 Å². The van der Waals surface area contributed by atoms with E-state index >= 15 is 0 Å². The average Bonchev–Trinajstić information content (AvgIpc) is 2.94. The zero-order valence-corrected chi connectivity index (χ0v) is 13.7. The Morgan fingerprint density at radius 3 is 2.52 bits per heavy atom. The van der Waals surface area contributed by atoms with Gasteiger partial charge in [0.15, 0.2) is 0 Å². The van der Waals surface area contributed by atoms with Crippen LogP contribution in [0.5, 0.6) is 0 Å². The van der Waals surface area contributed by atoms with E-state index in [2.05, 4.69) is 42.7 Å². The Labute approximate surface area is 136 Å². The highest BCUT2D eigenvalue weighted by atomic mass is 19.1. The lowest BCUT2D eigenvalue weighted by atomic mass is 9.90. The number of nitriles is 1. The van der Waals surface area contributed by atoms with Gasteiger partial charge in [0, 0.05) is 6.54 Å². The predicted molar refractivity (Wildman–Crippen MR) is 90.9 cm³/mol. The second-order valence-corrected chi connectivity index (χ2v) is 6.28. The zero-order chi connectivity index (χ0) is 16.6. The molecule has 0 aliphatic carbocycles. The Kier molecular flexibility index (Phi) is 3.73. The van der Waals surface area contributed by atoms with Gasteiger partial charge in [-0.05, 0) is 50.6 Å². The third-order valence-corrected chi connectivity index (χ3v) is 4.68. The Morgan fingerprint density at radius 1 is 1.17 bits per heavy atom. The molecule has 118 valence electrons. The number of benzene rings is 2. The minimum atomic E-state index is -0.468. The van der Waals surface area contributed by atoms with Crippen molar-refractivity contribution in [2.24, 2.45) is 0 Å². The summed E-state index contributed by atoms with van der Waals surface area (Å²) in [7, 11) is 0. The van der Waals surface area contributed by atoms with Crippen LogP contribution in [-0.4, -0.2) is 13.2 Å². The molecular weight excluding hydrogens is 289 g/mol. The van der Waals surface area contributed by atoms with E-state index in [0.29, 0.717) is 0 Å². The van der Waals surface area contributed by atoms with Gasteiger partial charge >= 0.3 is 0 Å². The fraction of sp³-hybridized carbons (Fsp3) is 0.316. The van der Waals surface area contributed by atoms with Crippen LogP contribution in [0.25, 0.3) is 0 Å². The molecule has 0 N–H and O–H groups in total. The first kappa shape index (κ1) is 15.4. The van der Waals surface area contributed by atoms with E-state index in [1.54, 1.807) is 12.1 Å². The van der Waals surface area contributed by atoms with E-state index in [1.165, 1.54) is 17.4 Å². The molecule has 0 aromatic heterocycles. The maximum Gasteiger partial charge on any atom is 0.140 e. The minimum absolute atomic E-state index is 0.0930. The molecule has 2 aromatic carbocycles. The molecule has 0 saturated carbocycles. The third-order valence-electron chi connectivity index (χ3n) is 4.68. The smallest absolute Gasteiger partial charge is 0.140 e. The summed E-state index contributed by atoms with van der Waals surface area (Å²) in [6.07, 6.45) is 0. The largest absolute Gasteiger partial charge is 0.352 e. The van der Waals surface area contributed by atoms with E-state index in [0.717, 1.165) is 18.8 Å². The first-order valence-corrected chi connectivity index (χ1v) is 7.80. The molecule has 3 rings (SSSR count). The Balaban J connectivity index is 2.06. The molecule has 4 heteroatoms. The first-order chi connectivity index (χ1) is 11.0. The SMILES string of the molecule is CCN1CN(C(C)(C)c2ccc(F)c(C#N)c2)c2ccccc21. The second kappa shape index (κ2) is 5.58. The molecule has 0 amide bonds. The normalized spacial score (nSPS) is 13.9. The predicted octanol–water partition coefficient (Wildman–Crippen LogP) is 4.24. The van der Waals surface area contributed by atoms with Crippen LogP contribution in [0.4, 0.5) is 15.8 Å². The van der Waals surface area contributed by atoms with Crippen molar-refractivity contribution < 1.29 is 4.39 Å². The number of rotatable bonds is 3. The summed E-state index contributed by atoms with van der Waals surface area (Å²) in [6.45, 7) is 8.06. The summed E-state index contributed by atoms with van der Waals surface area (Å²) in [5.41, 5.74) is 3.06. The molecule has 0 atom stereocenters. The van der Waals surface area contributed by atoms with Gasteiger partial charge in [0.2, 0.25) is 0 Å². The van der Waals surface area contributed by atoms with Crippen molar-refractivity contribution in [2.45, 2.75) is 26.3 Å².